The molecule has 0 atom stereocenters. The zero-order valence-corrected chi connectivity index (χ0v) is 11.9. The van der Waals surface area contributed by atoms with Gasteiger partial charge in [-0.2, -0.15) is 0 Å². The third-order valence-electron chi connectivity index (χ3n) is 3.85. The maximum atomic E-state index is 2.24. The van der Waals surface area contributed by atoms with Gasteiger partial charge in [0.25, 0.3) is 0 Å². The van der Waals surface area contributed by atoms with Crippen molar-refractivity contribution in [2.24, 2.45) is 0 Å². The van der Waals surface area contributed by atoms with E-state index in [0.29, 0.717) is 0 Å². The predicted octanol–water partition coefficient (Wildman–Crippen LogP) is 5.93. The van der Waals surface area contributed by atoms with E-state index in [9.17, 15) is 0 Å². The summed E-state index contributed by atoms with van der Waals surface area (Å²) in [6, 6.07) is 23.7. The van der Waals surface area contributed by atoms with Crippen LogP contribution in [0.25, 0.3) is 27.5 Å². The smallest absolute Gasteiger partial charge is 0.00303 e. The first-order valence-corrected chi connectivity index (χ1v) is 7.01. The molecule has 0 amide bonds. The topological polar surface area (TPSA) is 0 Å². The zero-order chi connectivity index (χ0) is 13.9. The van der Waals surface area contributed by atoms with Crippen LogP contribution in [0, 0.1) is 0 Å². The molecule has 3 aromatic carbocycles. The lowest BCUT2D eigenvalue weighted by atomic mass is 9.90. The van der Waals surface area contributed by atoms with Crippen molar-refractivity contribution < 1.29 is 0 Å². The molecular formula is C20H18. The molecule has 0 nitrogen and oxygen atoms in total. The average Bonchev–Trinajstić information content (AvgIpc) is 2.53. The van der Waals surface area contributed by atoms with E-state index >= 15 is 0 Å². The van der Waals surface area contributed by atoms with E-state index in [1.807, 2.05) is 0 Å². The fourth-order valence-electron chi connectivity index (χ4n) is 2.67. The summed E-state index contributed by atoms with van der Waals surface area (Å²) < 4.78 is 0. The minimum absolute atomic E-state index is 1.28. The molecule has 0 unspecified atom stereocenters. The molecule has 0 bridgehead atoms. The van der Waals surface area contributed by atoms with E-state index < -0.39 is 0 Å². The number of hydrogen-bond acceptors (Lipinski definition) is 0. The van der Waals surface area contributed by atoms with Crippen LogP contribution in [-0.2, 0) is 0 Å². The molecule has 20 heavy (non-hydrogen) atoms. The third kappa shape index (κ3) is 2.14. The van der Waals surface area contributed by atoms with E-state index in [0.717, 1.165) is 0 Å². The van der Waals surface area contributed by atoms with Crippen molar-refractivity contribution in [1.82, 2.24) is 0 Å². The first-order valence-electron chi connectivity index (χ1n) is 7.01. The van der Waals surface area contributed by atoms with Crippen LogP contribution in [0.1, 0.15) is 19.4 Å². The van der Waals surface area contributed by atoms with Crippen molar-refractivity contribution in [2.75, 3.05) is 0 Å². The fourth-order valence-corrected chi connectivity index (χ4v) is 2.67. The SMILES string of the molecule is CC=C(C)c1ccc2ccccc2c1-c1ccccc1. The summed E-state index contributed by atoms with van der Waals surface area (Å²) in [6.07, 6.45) is 2.18. The van der Waals surface area contributed by atoms with Crippen LogP contribution in [0.15, 0.2) is 72.8 Å². The van der Waals surface area contributed by atoms with Gasteiger partial charge in [-0.05, 0) is 46.9 Å². The summed E-state index contributed by atoms with van der Waals surface area (Å²) in [4.78, 5) is 0. The van der Waals surface area contributed by atoms with Crippen molar-refractivity contribution in [3.8, 4) is 11.1 Å². The van der Waals surface area contributed by atoms with Crippen LogP contribution in [0.2, 0.25) is 0 Å². The summed E-state index contributed by atoms with van der Waals surface area (Å²) in [7, 11) is 0. The van der Waals surface area contributed by atoms with Crippen LogP contribution in [0.5, 0.6) is 0 Å². The van der Waals surface area contributed by atoms with Gasteiger partial charge in [0.15, 0.2) is 0 Å². The predicted molar refractivity (Wildman–Crippen MR) is 88.7 cm³/mol. The normalized spacial score (nSPS) is 11.8. The Hall–Kier alpha value is -2.34. The molecule has 0 N–H and O–H groups in total. The summed E-state index contributed by atoms with van der Waals surface area (Å²) >= 11 is 0. The Labute approximate surface area is 120 Å². The van der Waals surface area contributed by atoms with Crippen LogP contribution in [0.3, 0.4) is 0 Å². The van der Waals surface area contributed by atoms with Crippen LogP contribution in [-0.4, -0.2) is 0 Å². The van der Waals surface area contributed by atoms with Crippen molar-refractivity contribution in [3.05, 3.63) is 78.4 Å². The Balaban J connectivity index is 2.41. The second-order valence-corrected chi connectivity index (χ2v) is 5.05. The first kappa shape index (κ1) is 12.7. The van der Waals surface area contributed by atoms with Gasteiger partial charge in [0, 0.05) is 0 Å². The van der Waals surface area contributed by atoms with Crippen LogP contribution in [0.4, 0.5) is 0 Å². The van der Waals surface area contributed by atoms with Gasteiger partial charge in [0.05, 0.1) is 0 Å². The summed E-state index contributed by atoms with van der Waals surface area (Å²) in [6.45, 7) is 4.27. The Morgan fingerprint density at radius 3 is 2.25 bits per heavy atom. The van der Waals surface area contributed by atoms with Gasteiger partial charge in [-0.15, -0.1) is 0 Å². The number of benzene rings is 3. The number of rotatable bonds is 2. The highest BCUT2D eigenvalue weighted by Crippen LogP contribution is 2.35. The van der Waals surface area contributed by atoms with Gasteiger partial charge < -0.3 is 0 Å². The fraction of sp³-hybridized carbons (Fsp3) is 0.100. The molecule has 98 valence electrons. The van der Waals surface area contributed by atoms with Crippen LogP contribution < -0.4 is 0 Å². The molecule has 0 heterocycles. The minimum atomic E-state index is 1.28. The van der Waals surface area contributed by atoms with Crippen molar-refractivity contribution in [3.63, 3.8) is 0 Å². The molecule has 0 fully saturated rings. The molecule has 0 aliphatic rings. The van der Waals surface area contributed by atoms with E-state index in [4.69, 9.17) is 0 Å². The van der Waals surface area contributed by atoms with E-state index in [1.165, 1.54) is 33.0 Å². The lowest BCUT2D eigenvalue weighted by Crippen LogP contribution is -1.89. The van der Waals surface area contributed by atoms with Crippen molar-refractivity contribution >= 4 is 16.3 Å². The molecule has 3 aromatic rings. The molecule has 3 rings (SSSR count). The van der Waals surface area contributed by atoms with E-state index in [1.54, 1.807) is 0 Å². The average molecular weight is 258 g/mol. The summed E-state index contributed by atoms with van der Waals surface area (Å²) in [5.74, 6) is 0. The number of fused-ring (bicyclic) bond motifs is 1. The molecular weight excluding hydrogens is 240 g/mol. The maximum absolute atomic E-state index is 2.24. The molecule has 0 aliphatic carbocycles. The van der Waals surface area contributed by atoms with Crippen molar-refractivity contribution in [1.29, 1.82) is 0 Å². The van der Waals surface area contributed by atoms with Gasteiger partial charge in [-0.3, -0.25) is 0 Å². The highest BCUT2D eigenvalue weighted by Gasteiger charge is 2.10. The van der Waals surface area contributed by atoms with Gasteiger partial charge >= 0.3 is 0 Å². The maximum Gasteiger partial charge on any atom is -0.00303 e. The Morgan fingerprint density at radius 2 is 1.50 bits per heavy atom. The first-order chi connectivity index (χ1) is 9.81. The molecule has 0 aliphatic heterocycles. The summed E-state index contributed by atoms with van der Waals surface area (Å²) in [5, 5.41) is 2.61. The number of hydrogen-bond donors (Lipinski definition) is 0. The minimum Gasteiger partial charge on any atom is -0.0841 e. The molecule has 0 radical (unpaired) electrons. The molecule has 0 heteroatoms. The Bertz CT molecular complexity index is 764. The van der Waals surface area contributed by atoms with Gasteiger partial charge in [0.2, 0.25) is 0 Å². The number of allylic oxidation sites excluding steroid dienone is 2. The van der Waals surface area contributed by atoms with Gasteiger partial charge in [-0.1, -0.05) is 72.8 Å². The molecule has 0 aromatic heterocycles. The molecule has 0 saturated carbocycles. The Kier molecular flexibility index (Phi) is 3.39. The molecule has 0 spiro atoms. The largest absolute Gasteiger partial charge is 0.0841 e. The van der Waals surface area contributed by atoms with Crippen molar-refractivity contribution in [2.45, 2.75) is 13.8 Å². The summed E-state index contributed by atoms with van der Waals surface area (Å²) in [5.41, 5.74) is 5.24. The lowest BCUT2D eigenvalue weighted by molar-refractivity contribution is 1.54. The molecule has 0 saturated heterocycles. The highest BCUT2D eigenvalue weighted by molar-refractivity contribution is 6.01. The van der Waals surface area contributed by atoms with E-state index in [-0.39, 0.29) is 0 Å². The third-order valence-corrected chi connectivity index (χ3v) is 3.85. The van der Waals surface area contributed by atoms with Crippen LogP contribution >= 0.6 is 0 Å². The second-order valence-electron chi connectivity index (χ2n) is 5.05. The van der Waals surface area contributed by atoms with E-state index in [2.05, 4.69) is 86.7 Å². The Morgan fingerprint density at radius 1 is 0.800 bits per heavy atom. The van der Waals surface area contributed by atoms with Gasteiger partial charge in [0.1, 0.15) is 0 Å². The standard InChI is InChI=1S/C20H18/c1-3-15(2)18-14-13-16-9-7-8-12-19(16)20(18)17-10-5-4-6-11-17/h3-14H,1-2H3. The highest BCUT2D eigenvalue weighted by atomic mass is 14.1. The monoisotopic (exact) mass is 258 g/mol. The lowest BCUT2D eigenvalue weighted by Gasteiger charge is -2.14. The second kappa shape index (κ2) is 5.34. The zero-order valence-electron chi connectivity index (χ0n) is 11.9. The quantitative estimate of drug-likeness (QED) is 0.534. The van der Waals surface area contributed by atoms with Gasteiger partial charge in [-0.25, -0.2) is 0 Å².